The molecule has 2 aromatic rings. The van der Waals surface area contributed by atoms with Gasteiger partial charge < -0.3 is 9.80 Å². The van der Waals surface area contributed by atoms with E-state index in [0.717, 1.165) is 50.7 Å². The van der Waals surface area contributed by atoms with Crippen LogP contribution in [-0.4, -0.2) is 64.4 Å². The minimum absolute atomic E-state index is 0.0397. The van der Waals surface area contributed by atoms with Gasteiger partial charge in [0, 0.05) is 45.1 Å². The summed E-state index contributed by atoms with van der Waals surface area (Å²) in [6, 6.07) is 8.14. The summed E-state index contributed by atoms with van der Waals surface area (Å²) in [5.74, 6) is 0.675. The molecule has 2 aliphatic heterocycles. The van der Waals surface area contributed by atoms with Crippen LogP contribution >= 0.6 is 0 Å². The molecule has 2 aliphatic rings. The number of carbonyl (C=O) groups is 1. The predicted molar refractivity (Wildman–Crippen MR) is 101 cm³/mol. The van der Waals surface area contributed by atoms with Crippen molar-refractivity contribution in [1.29, 1.82) is 0 Å². The van der Waals surface area contributed by atoms with Gasteiger partial charge in [0.05, 0.1) is 12.1 Å². The zero-order chi connectivity index (χ0) is 18.8. The molecule has 27 heavy (non-hydrogen) atoms. The predicted octanol–water partition coefficient (Wildman–Crippen LogP) is 2.10. The summed E-state index contributed by atoms with van der Waals surface area (Å²) in [7, 11) is 0. The number of likely N-dealkylation sites (tertiary alicyclic amines) is 1. The number of amides is 1. The first kappa shape index (κ1) is 17.9. The fourth-order valence-electron chi connectivity index (χ4n) is 4.02. The zero-order valence-electron chi connectivity index (χ0n) is 15.5. The summed E-state index contributed by atoms with van der Waals surface area (Å²) >= 11 is 0. The lowest BCUT2D eigenvalue weighted by Crippen LogP contribution is -2.53. The summed E-state index contributed by atoms with van der Waals surface area (Å²) < 4.78 is 13.2. The Labute approximate surface area is 158 Å². The van der Waals surface area contributed by atoms with Gasteiger partial charge in [0.15, 0.2) is 0 Å². The second-order valence-corrected chi connectivity index (χ2v) is 7.14. The van der Waals surface area contributed by atoms with Crippen molar-refractivity contribution in [3.8, 4) is 0 Å². The Morgan fingerprint density at radius 2 is 1.70 bits per heavy atom. The van der Waals surface area contributed by atoms with Crippen molar-refractivity contribution >= 4 is 11.9 Å². The van der Waals surface area contributed by atoms with E-state index >= 15 is 0 Å². The normalized spacial score (nSPS) is 22.3. The molecule has 0 bridgehead atoms. The van der Waals surface area contributed by atoms with Gasteiger partial charge in [-0.25, -0.2) is 14.4 Å². The first-order valence-corrected chi connectivity index (χ1v) is 9.45. The minimum atomic E-state index is -0.253. The molecule has 0 unspecified atom stereocenters. The van der Waals surface area contributed by atoms with Crippen molar-refractivity contribution in [3.05, 3.63) is 54.1 Å². The quantitative estimate of drug-likeness (QED) is 0.826. The Kier molecular flexibility index (Phi) is 5.03. The summed E-state index contributed by atoms with van der Waals surface area (Å²) in [6.07, 6.45) is 4.35. The van der Waals surface area contributed by atoms with E-state index in [2.05, 4.69) is 19.8 Å². The first-order chi connectivity index (χ1) is 13.1. The number of aromatic nitrogens is 2. The Hall–Kier alpha value is -2.54. The van der Waals surface area contributed by atoms with Gasteiger partial charge in [0.25, 0.3) is 0 Å². The van der Waals surface area contributed by atoms with Crippen LogP contribution < -0.4 is 4.90 Å². The molecular formula is C20H24FN5O. The largest absolute Gasteiger partial charge is 0.338 e. The van der Waals surface area contributed by atoms with E-state index in [1.165, 1.54) is 12.1 Å². The lowest BCUT2D eigenvalue weighted by atomic mass is 10.1. The second kappa shape index (κ2) is 7.60. The fraction of sp³-hybridized carbons (Fsp3) is 0.450. The number of halogens is 1. The average molecular weight is 369 g/mol. The highest BCUT2D eigenvalue weighted by molar-refractivity contribution is 5.84. The molecule has 0 radical (unpaired) electrons. The standard InChI is InChI=1S/C20H24FN5O/c1-15(16-3-5-17(21)6-4-16)26-10-7-18(19(26)27)24-11-13-25(14-12-24)20-22-8-2-9-23-20/h2-6,8-9,15,18H,7,10-14H2,1H3/t15-,18-/m1/s1. The van der Waals surface area contributed by atoms with Gasteiger partial charge in [-0.2, -0.15) is 0 Å². The molecule has 1 aromatic carbocycles. The maximum atomic E-state index is 13.2. The Morgan fingerprint density at radius 3 is 2.37 bits per heavy atom. The van der Waals surface area contributed by atoms with Crippen LogP contribution in [0.5, 0.6) is 0 Å². The van der Waals surface area contributed by atoms with Crippen molar-refractivity contribution in [3.63, 3.8) is 0 Å². The second-order valence-electron chi connectivity index (χ2n) is 7.14. The number of anilines is 1. The van der Waals surface area contributed by atoms with E-state index in [0.29, 0.717) is 0 Å². The van der Waals surface area contributed by atoms with Crippen molar-refractivity contribution in [2.45, 2.75) is 25.4 Å². The molecule has 2 saturated heterocycles. The summed E-state index contributed by atoms with van der Waals surface area (Å²) in [6.45, 7) is 6.05. The SMILES string of the molecule is C[C@H](c1ccc(F)cc1)N1CC[C@@H](N2CCN(c3ncccn3)CC2)C1=O. The van der Waals surface area contributed by atoms with Gasteiger partial charge >= 0.3 is 0 Å². The number of piperazine rings is 1. The van der Waals surface area contributed by atoms with Gasteiger partial charge in [0.2, 0.25) is 11.9 Å². The van der Waals surface area contributed by atoms with Crippen LogP contribution in [0.25, 0.3) is 0 Å². The van der Waals surface area contributed by atoms with Crippen LogP contribution in [0.3, 0.4) is 0 Å². The van der Waals surface area contributed by atoms with E-state index in [1.807, 2.05) is 17.9 Å². The molecule has 4 rings (SSSR count). The van der Waals surface area contributed by atoms with Crippen LogP contribution in [0, 0.1) is 5.82 Å². The van der Waals surface area contributed by atoms with Crippen LogP contribution in [0.15, 0.2) is 42.7 Å². The molecule has 2 fully saturated rings. The molecule has 1 aromatic heterocycles. The van der Waals surface area contributed by atoms with Crippen LogP contribution in [0.1, 0.15) is 24.9 Å². The van der Waals surface area contributed by atoms with Gasteiger partial charge in [0.1, 0.15) is 5.82 Å². The maximum absolute atomic E-state index is 13.2. The highest BCUT2D eigenvalue weighted by atomic mass is 19.1. The zero-order valence-corrected chi connectivity index (χ0v) is 15.5. The van der Waals surface area contributed by atoms with Crippen molar-refractivity contribution < 1.29 is 9.18 Å². The lowest BCUT2D eigenvalue weighted by molar-refractivity contribution is -0.134. The molecule has 2 atom stereocenters. The molecule has 7 heteroatoms. The molecule has 1 amide bonds. The molecule has 0 saturated carbocycles. The highest BCUT2D eigenvalue weighted by Gasteiger charge is 2.39. The van der Waals surface area contributed by atoms with E-state index < -0.39 is 0 Å². The minimum Gasteiger partial charge on any atom is -0.338 e. The number of benzene rings is 1. The summed E-state index contributed by atoms with van der Waals surface area (Å²) in [4.78, 5) is 28.0. The Balaban J connectivity index is 1.37. The van der Waals surface area contributed by atoms with Gasteiger partial charge in [-0.05, 0) is 37.1 Å². The topological polar surface area (TPSA) is 52.6 Å². The molecule has 6 nitrogen and oxygen atoms in total. The van der Waals surface area contributed by atoms with Crippen LogP contribution in [0.2, 0.25) is 0 Å². The third-order valence-corrected chi connectivity index (χ3v) is 5.62. The summed E-state index contributed by atoms with van der Waals surface area (Å²) in [5.41, 5.74) is 0.969. The van der Waals surface area contributed by atoms with Crippen LogP contribution in [0.4, 0.5) is 10.3 Å². The monoisotopic (exact) mass is 369 g/mol. The van der Waals surface area contributed by atoms with Gasteiger partial charge in [-0.3, -0.25) is 9.69 Å². The Morgan fingerprint density at radius 1 is 1.04 bits per heavy atom. The lowest BCUT2D eigenvalue weighted by Gasteiger charge is -2.37. The molecular weight excluding hydrogens is 345 g/mol. The van der Waals surface area contributed by atoms with Gasteiger partial charge in [-0.15, -0.1) is 0 Å². The molecule has 3 heterocycles. The van der Waals surface area contributed by atoms with Crippen molar-refractivity contribution in [2.24, 2.45) is 0 Å². The fourth-order valence-corrected chi connectivity index (χ4v) is 4.02. The molecule has 0 spiro atoms. The number of carbonyl (C=O) groups excluding carboxylic acids is 1. The highest BCUT2D eigenvalue weighted by Crippen LogP contribution is 2.28. The number of hydrogen-bond acceptors (Lipinski definition) is 5. The average Bonchev–Trinajstić information content (AvgIpc) is 3.10. The van der Waals surface area contributed by atoms with Gasteiger partial charge in [-0.1, -0.05) is 12.1 Å². The van der Waals surface area contributed by atoms with E-state index in [4.69, 9.17) is 0 Å². The van der Waals surface area contributed by atoms with E-state index in [9.17, 15) is 9.18 Å². The maximum Gasteiger partial charge on any atom is 0.240 e. The molecule has 142 valence electrons. The first-order valence-electron chi connectivity index (χ1n) is 9.45. The van der Waals surface area contributed by atoms with E-state index in [1.54, 1.807) is 24.5 Å². The Bertz CT molecular complexity index is 777. The molecule has 0 N–H and O–H groups in total. The third-order valence-electron chi connectivity index (χ3n) is 5.62. The van der Waals surface area contributed by atoms with Crippen LogP contribution in [-0.2, 0) is 4.79 Å². The molecule has 0 aliphatic carbocycles. The third kappa shape index (κ3) is 3.64. The number of rotatable bonds is 4. The van der Waals surface area contributed by atoms with Crippen molar-refractivity contribution in [1.82, 2.24) is 19.8 Å². The smallest absolute Gasteiger partial charge is 0.240 e. The van der Waals surface area contributed by atoms with E-state index in [-0.39, 0.29) is 23.8 Å². The van der Waals surface area contributed by atoms with Crippen molar-refractivity contribution in [2.75, 3.05) is 37.6 Å². The number of nitrogens with zero attached hydrogens (tertiary/aromatic N) is 5. The summed E-state index contributed by atoms with van der Waals surface area (Å²) in [5, 5.41) is 0. The number of hydrogen-bond donors (Lipinski definition) is 0.